The molecule has 166 valence electrons. The molecule has 0 radical (unpaired) electrons. The van der Waals surface area contributed by atoms with Crippen molar-refractivity contribution in [3.05, 3.63) is 46.7 Å². The first-order valence-electron chi connectivity index (χ1n) is 10.4. The summed E-state index contributed by atoms with van der Waals surface area (Å²) in [5.41, 5.74) is 0.939. The highest BCUT2D eigenvalue weighted by Gasteiger charge is 2.23. The summed E-state index contributed by atoms with van der Waals surface area (Å²) in [6.07, 6.45) is 3.45. The number of nitrogens with zero attached hydrogens (tertiary/aromatic N) is 3. The van der Waals surface area contributed by atoms with Crippen molar-refractivity contribution in [3.63, 3.8) is 0 Å². The van der Waals surface area contributed by atoms with E-state index < -0.39 is 5.82 Å². The first kappa shape index (κ1) is 22.9. The number of halogens is 1. The summed E-state index contributed by atoms with van der Waals surface area (Å²) in [6.45, 7) is 5.04. The molecule has 1 aromatic heterocycles. The minimum absolute atomic E-state index is 0.0544. The van der Waals surface area contributed by atoms with Gasteiger partial charge in [-0.3, -0.25) is 14.4 Å². The average molecular weight is 447 g/mol. The first-order chi connectivity index (χ1) is 14.8. The predicted octanol–water partition coefficient (Wildman–Crippen LogP) is 3.33. The molecule has 0 atom stereocenters. The molecule has 2 aromatic rings. The molecule has 1 fully saturated rings. The Labute approximate surface area is 185 Å². The van der Waals surface area contributed by atoms with E-state index in [1.807, 2.05) is 18.7 Å². The van der Waals surface area contributed by atoms with Gasteiger partial charge in [-0.25, -0.2) is 9.37 Å². The van der Waals surface area contributed by atoms with Gasteiger partial charge in [-0.2, -0.15) is 0 Å². The number of amides is 3. The molecule has 1 aromatic carbocycles. The van der Waals surface area contributed by atoms with E-state index in [1.165, 1.54) is 40.5 Å². The van der Waals surface area contributed by atoms with Gasteiger partial charge in [-0.05, 0) is 57.4 Å². The van der Waals surface area contributed by atoms with E-state index >= 15 is 0 Å². The highest BCUT2D eigenvalue weighted by Crippen LogP contribution is 2.18. The molecule has 31 heavy (non-hydrogen) atoms. The van der Waals surface area contributed by atoms with Crippen LogP contribution in [0, 0.1) is 5.82 Å². The quantitative estimate of drug-likeness (QED) is 0.707. The first-order valence-corrected chi connectivity index (χ1v) is 11.3. The van der Waals surface area contributed by atoms with Crippen LogP contribution in [0.4, 0.5) is 9.52 Å². The molecule has 1 N–H and O–H groups in total. The normalized spacial score (nSPS) is 13.9. The zero-order valence-corrected chi connectivity index (χ0v) is 18.6. The minimum atomic E-state index is -0.427. The topological polar surface area (TPSA) is 82.6 Å². The lowest BCUT2D eigenvalue weighted by Gasteiger charge is -2.26. The third-order valence-corrected chi connectivity index (χ3v) is 5.94. The number of rotatable bonds is 7. The number of likely N-dealkylation sites (tertiary alicyclic amines) is 1. The highest BCUT2D eigenvalue weighted by molar-refractivity contribution is 7.13. The SMILES string of the molecule is CC(C)N(CC(=O)Nc1nc(CC(=O)N2CCCCC2)cs1)C(=O)c1ccc(F)cc1. The lowest BCUT2D eigenvalue weighted by atomic mass is 10.1. The third kappa shape index (κ3) is 6.33. The van der Waals surface area contributed by atoms with Crippen molar-refractivity contribution in [3.8, 4) is 0 Å². The van der Waals surface area contributed by atoms with Crippen molar-refractivity contribution in [1.29, 1.82) is 0 Å². The number of piperidine rings is 1. The molecular weight excluding hydrogens is 419 g/mol. The fourth-order valence-electron chi connectivity index (χ4n) is 3.42. The molecule has 9 heteroatoms. The van der Waals surface area contributed by atoms with Crippen molar-refractivity contribution in [2.24, 2.45) is 0 Å². The highest BCUT2D eigenvalue weighted by atomic mass is 32.1. The van der Waals surface area contributed by atoms with Crippen molar-refractivity contribution in [2.75, 3.05) is 25.0 Å². The monoisotopic (exact) mass is 446 g/mol. The van der Waals surface area contributed by atoms with Gasteiger partial charge in [0.1, 0.15) is 12.4 Å². The smallest absolute Gasteiger partial charge is 0.254 e. The number of carbonyl (C=O) groups excluding carboxylic acids is 3. The third-order valence-electron chi connectivity index (χ3n) is 5.13. The van der Waals surface area contributed by atoms with Crippen molar-refractivity contribution in [2.45, 2.75) is 45.6 Å². The minimum Gasteiger partial charge on any atom is -0.342 e. The van der Waals surface area contributed by atoms with E-state index in [0.717, 1.165) is 32.4 Å². The van der Waals surface area contributed by atoms with Gasteiger partial charge in [-0.15, -0.1) is 11.3 Å². The van der Waals surface area contributed by atoms with Crippen molar-refractivity contribution < 1.29 is 18.8 Å². The van der Waals surface area contributed by atoms with E-state index in [0.29, 0.717) is 16.4 Å². The second-order valence-electron chi connectivity index (χ2n) is 7.84. The number of aromatic nitrogens is 1. The molecule has 7 nitrogen and oxygen atoms in total. The number of carbonyl (C=O) groups is 3. The van der Waals surface area contributed by atoms with Gasteiger partial charge in [0.15, 0.2) is 5.13 Å². The lowest BCUT2D eigenvalue weighted by Crippen LogP contribution is -2.42. The van der Waals surface area contributed by atoms with Crippen LogP contribution in [0.25, 0.3) is 0 Å². The zero-order chi connectivity index (χ0) is 22.4. The Hall–Kier alpha value is -2.81. The molecule has 2 heterocycles. The molecule has 0 saturated carbocycles. The van der Waals surface area contributed by atoms with Gasteiger partial charge in [0.2, 0.25) is 11.8 Å². The van der Waals surface area contributed by atoms with Crippen LogP contribution in [-0.4, -0.2) is 58.2 Å². The summed E-state index contributed by atoms with van der Waals surface area (Å²) in [5.74, 6) is -1.10. The van der Waals surface area contributed by atoms with Crippen LogP contribution in [0.5, 0.6) is 0 Å². The van der Waals surface area contributed by atoms with Crippen molar-refractivity contribution in [1.82, 2.24) is 14.8 Å². The lowest BCUT2D eigenvalue weighted by molar-refractivity contribution is -0.131. The second kappa shape index (κ2) is 10.5. The molecule has 0 aliphatic carbocycles. The van der Waals surface area contributed by atoms with Gasteiger partial charge in [-0.1, -0.05) is 0 Å². The molecule has 3 rings (SSSR count). The van der Waals surface area contributed by atoms with Crippen LogP contribution >= 0.6 is 11.3 Å². The number of thiazole rings is 1. The molecule has 0 unspecified atom stereocenters. The van der Waals surface area contributed by atoms with E-state index in [2.05, 4.69) is 10.3 Å². The summed E-state index contributed by atoms with van der Waals surface area (Å²) in [6, 6.07) is 5.01. The maximum Gasteiger partial charge on any atom is 0.254 e. The Bertz CT molecular complexity index is 923. The van der Waals surface area contributed by atoms with Gasteiger partial charge >= 0.3 is 0 Å². The largest absolute Gasteiger partial charge is 0.342 e. The Morgan fingerprint density at radius 1 is 1.16 bits per heavy atom. The van der Waals surface area contributed by atoms with E-state index in [1.54, 1.807) is 5.38 Å². The Morgan fingerprint density at radius 3 is 2.48 bits per heavy atom. The number of hydrogen-bond acceptors (Lipinski definition) is 5. The maximum absolute atomic E-state index is 13.1. The molecule has 1 saturated heterocycles. The second-order valence-corrected chi connectivity index (χ2v) is 8.70. The van der Waals surface area contributed by atoms with Crippen molar-refractivity contribution >= 4 is 34.2 Å². The number of nitrogens with one attached hydrogen (secondary N) is 1. The summed E-state index contributed by atoms with van der Waals surface area (Å²) >= 11 is 1.25. The van der Waals surface area contributed by atoms with E-state index in [-0.39, 0.29) is 36.7 Å². The van der Waals surface area contributed by atoms with Crippen LogP contribution in [-0.2, 0) is 16.0 Å². The summed E-state index contributed by atoms with van der Waals surface area (Å²) in [5, 5.41) is 4.86. The molecule has 0 spiro atoms. The van der Waals surface area contributed by atoms with Crippen LogP contribution < -0.4 is 5.32 Å². The van der Waals surface area contributed by atoms with E-state index in [9.17, 15) is 18.8 Å². The van der Waals surface area contributed by atoms with Crippen LogP contribution in [0.15, 0.2) is 29.6 Å². The van der Waals surface area contributed by atoms with Crippen LogP contribution in [0.2, 0.25) is 0 Å². The molecule has 0 bridgehead atoms. The molecule has 3 amide bonds. The Kier molecular flexibility index (Phi) is 7.73. The van der Waals surface area contributed by atoms with Gasteiger partial charge < -0.3 is 15.1 Å². The van der Waals surface area contributed by atoms with Crippen LogP contribution in [0.1, 0.15) is 49.2 Å². The number of anilines is 1. The van der Waals surface area contributed by atoms with Gasteiger partial charge in [0, 0.05) is 30.1 Å². The Morgan fingerprint density at radius 2 is 1.84 bits per heavy atom. The number of hydrogen-bond donors (Lipinski definition) is 1. The predicted molar refractivity (Wildman–Crippen MR) is 117 cm³/mol. The summed E-state index contributed by atoms with van der Waals surface area (Å²) < 4.78 is 13.1. The average Bonchev–Trinajstić information content (AvgIpc) is 3.19. The summed E-state index contributed by atoms with van der Waals surface area (Å²) in [7, 11) is 0. The fourth-order valence-corrected chi connectivity index (χ4v) is 4.14. The summed E-state index contributed by atoms with van der Waals surface area (Å²) in [4.78, 5) is 45.3. The fraction of sp³-hybridized carbons (Fsp3) is 0.455. The zero-order valence-electron chi connectivity index (χ0n) is 17.8. The van der Waals surface area contributed by atoms with Gasteiger partial charge in [0.05, 0.1) is 12.1 Å². The maximum atomic E-state index is 13.1. The number of benzene rings is 1. The van der Waals surface area contributed by atoms with Gasteiger partial charge in [0.25, 0.3) is 5.91 Å². The van der Waals surface area contributed by atoms with E-state index in [4.69, 9.17) is 0 Å². The standard InChI is InChI=1S/C22H27FN4O3S/c1-15(2)27(21(30)16-6-8-17(23)9-7-16)13-19(28)25-22-24-18(14-31-22)12-20(29)26-10-4-3-5-11-26/h6-9,14-15H,3-5,10-13H2,1-2H3,(H,24,25,28). The molecule has 1 aliphatic rings. The molecular formula is C22H27FN4O3S. The Balaban J connectivity index is 1.57. The molecule has 1 aliphatic heterocycles. The van der Waals surface area contributed by atoms with Crippen LogP contribution in [0.3, 0.4) is 0 Å².